The summed E-state index contributed by atoms with van der Waals surface area (Å²) in [5.41, 5.74) is 4.01. The first-order valence-corrected chi connectivity index (χ1v) is 13.3. The highest BCUT2D eigenvalue weighted by molar-refractivity contribution is 9.09. The number of likely N-dealkylation sites (tertiary alicyclic amines) is 1. The standard InChI is InChI=1S/C29H32BrNO4/c30-17-14-22-8-11-25(12-9-22)35-20-4-5-23-10-13-27(32)26(21-23)29(24-6-2-1-3-7-24)15-18-31(19-16-29)28(33)34/h1-3,6-13,21,32H,4-5,14-20H2,(H,33,34). The lowest BCUT2D eigenvalue weighted by Gasteiger charge is -2.42. The fraction of sp³-hybridized carbons (Fsp3) is 0.345. The summed E-state index contributed by atoms with van der Waals surface area (Å²) in [7, 11) is 0. The van der Waals surface area contributed by atoms with Gasteiger partial charge >= 0.3 is 6.09 Å². The van der Waals surface area contributed by atoms with Crippen molar-refractivity contribution < 1.29 is 19.7 Å². The third-order valence-corrected chi connectivity index (χ3v) is 7.37. The first kappa shape index (κ1) is 25.1. The van der Waals surface area contributed by atoms with E-state index < -0.39 is 11.5 Å². The van der Waals surface area contributed by atoms with Crippen molar-refractivity contribution in [1.82, 2.24) is 4.90 Å². The summed E-state index contributed by atoms with van der Waals surface area (Å²) < 4.78 is 5.93. The zero-order valence-corrected chi connectivity index (χ0v) is 21.4. The molecular weight excluding hydrogens is 506 g/mol. The molecule has 1 heterocycles. The Bertz CT molecular complexity index is 1110. The average molecular weight is 538 g/mol. The molecule has 1 saturated heterocycles. The lowest BCUT2D eigenvalue weighted by molar-refractivity contribution is 0.122. The summed E-state index contributed by atoms with van der Waals surface area (Å²) in [5.74, 6) is 1.14. The van der Waals surface area contributed by atoms with Crippen molar-refractivity contribution in [2.45, 2.75) is 37.5 Å². The SMILES string of the molecule is O=C(O)N1CCC(c2ccccc2)(c2cc(CCCOc3ccc(CCBr)cc3)ccc2O)CC1. The number of hydrogen-bond acceptors (Lipinski definition) is 3. The molecule has 3 aromatic rings. The van der Waals surface area contributed by atoms with E-state index in [0.717, 1.165) is 47.0 Å². The molecule has 0 atom stereocenters. The average Bonchev–Trinajstić information content (AvgIpc) is 2.89. The van der Waals surface area contributed by atoms with Crippen LogP contribution in [0.15, 0.2) is 72.8 Å². The van der Waals surface area contributed by atoms with Gasteiger partial charge in [0.2, 0.25) is 0 Å². The number of carbonyl (C=O) groups is 1. The Morgan fingerprint density at radius 2 is 1.63 bits per heavy atom. The van der Waals surface area contributed by atoms with Gasteiger partial charge in [0.1, 0.15) is 11.5 Å². The second-order valence-corrected chi connectivity index (χ2v) is 9.90. The number of phenols is 1. The van der Waals surface area contributed by atoms with E-state index >= 15 is 0 Å². The van der Waals surface area contributed by atoms with Crippen LogP contribution in [0.2, 0.25) is 0 Å². The Hall–Kier alpha value is -2.99. The van der Waals surface area contributed by atoms with Gasteiger partial charge in [0, 0.05) is 29.4 Å². The van der Waals surface area contributed by atoms with Crippen LogP contribution in [0.25, 0.3) is 0 Å². The second-order valence-electron chi connectivity index (χ2n) is 9.10. The molecule has 35 heavy (non-hydrogen) atoms. The minimum absolute atomic E-state index is 0.265. The number of aryl methyl sites for hydroxylation is 2. The lowest BCUT2D eigenvalue weighted by Crippen LogP contribution is -2.45. The van der Waals surface area contributed by atoms with Gasteiger partial charge in [-0.1, -0.05) is 70.5 Å². The Kier molecular flexibility index (Phi) is 8.34. The van der Waals surface area contributed by atoms with E-state index in [1.807, 2.05) is 36.4 Å². The van der Waals surface area contributed by atoms with E-state index in [0.29, 0.717) is 32.5 Å². The largest absolute Gasteiger partial charge is 0.508 e. The van der Waals surface area contributed by atoms with E-state index in [1.165, 1.54) is 10.5 Å². The van der Waals surface area contributed by atoms with Crippen LogP contribution in [0.4, 0.5) is 4.79 Å². The number of benzene rings is 3. The molecule has 3 aromatic carbocycles. The van der Waals surface area contributed by atoms with E-state index in [2.05, 4.69) is 46.3 Å². The first-order chi connectivity index (χ1) is 17.0. The molecule has 0 radical (unpaired) electrons. The van der Waals surface area contributed by atoms with Gasteiger partial charge in [-0.05, 0) is 67.0 Å². The first-order valence-electron chi connectivity index (χ1n) is 12.2. The molecule has 0 bridgehead atoms. The summed E-state index contributed by atoms with van der Waals surface area (Å²) in [4.78, 5) is 13.0. The number of phenolic OH excluding ortho intramolecular Hbond substituents is 1. The van der Waals surface area contributed by atoms with Gasteiger partial charge in [0.15, 0.2) is 0 Å². The smallest absolute Gasteiger partial charge is 0.407 e. The molecule has 6 heteroatoms. The third-order valence-electron chi connectivity index (χ3n) is 6.98. The van der Waals surface area contributed by atoms with Crippen molar-refractivity contribution in [3.05, 3.63) is 95.1 Å². The van der Waals surface area contributed by atoms with Crippen molar-refractivity contribution in [1.29, 1.82) is 0 Å². The van der Waals surface area contributed by atoms with Crippen molar-refractivity contribution in [3.63, 3.8) is 0 Å². The molecular formula is C29H32BrNO4. The lowest BCUT2D eigenvalue weighted by atomic mass is 9.67. The number of hydrogen-bond donors (Lipinski definition) is 2. The van der Waals surface area contributed by atoms with Gasteiger partial charge in [-0.25, -0.2) is 4.79 Å². The maximum atomic E-state index is 11.5. The number of nitrogens with zero attached hydrogens (tertiary/aromatic N) is 1. The predicted octanol–water partition coefficient (Wildman–Crippen LogP) is 6.40. The van der Waals surface area contributed by atoms with Crippen molar-refractivity contribution in [2.75, 3.05) is 25.0 Å². The normalized spacial score (nSPS) is 15.1. The van der Waals surface area contributed by atoms with Crippen LogP contribution in [-0.4, -0.2) is 46.2 Å². The van der Waals surface area contributed by atoms with Crippen LogP contribution in [0.5, 0.6) is 11.5 Å². The molecule has 184 valence electrons. The minimum atomic E-state index is -0.887. The topological polar surface area (TPSA) is 70.0 Å². The zero-order chi connectivity index (χ0) is 24.7. The Balaban J connectivity index is 1.47. The van der Waals surface area contributed by atoms with Gasteiger partial charge in [0.05, 0.1) is 6.61 Å². The Morgan fingerprint density at radius 1 is 0.943 bits per heavy atom. The summed E-state index contributed by atoms with van der Waals surface area (Å²) in [6.07, 6.45) is 3.08. The van der Waals surface area contributed by atoms with E-state index in [1.54, 1.807) is 6.07 Å². The second kappa shape index (κ2) is 11.6. The number of aromatic hydroxyl groups is 1. The summed E-state index contributed by atoms with van der Waals surface area (Å²) in [6.45, 7) is 1.50. The maximum Gasteiger partial charge on any atom is 0.407 e. The fourth-order valence-electron chi connectivity index (χ4n) is 5.00. The number of halogens is 1. The van der Waals surface area contributed by atoms with E-state index in [4.69, 9.17) is 4.74 Å². The van der Waals surface area contributed by atoms with Crippen molar-refractivity contribution >= 4 is 22.0 Å². The Labute approximate surface area is 215 Å². The van der Waals surface area contributed by atoms with Crippen molar-refractivity contribution in [2.24, 2.45) is 0 Å². The number of rotatable bonds is 9. The molecule has 1 amide bonds. The number of ether oxygens (including phenoxy) is 1. The highest BCUT2D eigenvalue weighted by Crippen LogP contribution is 2.45. The van der Waals surface area contributed by atoms with Gasteiger partial charge in [-0.3, -0.25) is 0 Å². The molecule has 0 unspecified atom stereocenters. The van der Waals surface area contributed by atoms with E-state index in [-0.39, 0.29) is 5.75 Å². The van der Waals surface area contributed by atoms with Gasteiger partial charge in [-0.2, -0.15) is 0 Å². The molecule has 4 rings (SSSR count). The van der Waals surface area contributed by atoms with Crippen LogP contribution in [0.1, 0.15) is 41.5 Å². The number of amides is 1. The van der Waals surface area contributed by atoms with Gasteiger partial charge < -0.3 is 19.8 Å². The molecule has 0 saturated carbocycles. The number of carboxylic acid groups (broad SMARTS) is 1. The predicted molar refractivity (Wildman–Crippen MR) is 142 cm³/mol. The molecule has 1 fully saturated rings. The summed E-state index contributed by atoms with van der Waals surface area (Å²) in [6, 6.07) is 24.2. The highest BCUT2D eigenvalue weighted by atomic mass is 79.9. The summed E-state index contributed by atoms with van der Waals surface area (Å²) in [5, 5.41) is 21.3. The van der Waals surface area contributed by atoms with Gasteiger partial charge in [-0.15, -0.1) is 0 Å². The van der Waals surface area contributed by atoms with Crippen LogP contribution >= 0.6 is 15.9 Å². The molecule has 1 aliphatic rings. The molecule has 0 aliphatic carbocycles. The molecule has 5 nitrogen and oxygen atoms in total. The van der Waals surface area contributed by atoms with Gasteiger partial charge in [0.25, 0.3) is 0 Å². The molecule has 0 aromatic heterocycles. The highest BCUT2D eigenvalue weighted by Gasteiger charge is 2.40. The van der Waals surface area contributed by atoms with Crippen molar-refractivity contribution in [3.8, 4) is 11.5 Å². The molecule has 2 N–H and O–H groups in total. The number of alkyl halides is 1. The van der Waals surface area contributed by atoms with Crippen LogP contribution in [-0.2, 0) is 18.3 Å². The third kappa shape index (κ3) is 5.99. The monoisotopic (exact) mass is 537 g/mol. The zero-order valence-electron chi connectivity index (χ0n) is 19.8. The maximum absolute atomic E-state index is 11.5. The van der Waals surface area contributed by atoms with Crippen LogP contribution in [0, 0.1) is 0 Å². The van der Waals surface area contributed by atoms with Crippen LogP contribution in [0.3, 0.4) is 0 Å². The Morgan fingerprint density at radius 3 is 2.29 bits per heavy atom. The quantitative estimate of drug-likeness (QED) is 0.244. The minimum Gasteiger partial charge on any atom is -0.508 e. The molecule has 1 aliphatic heterocycles. The number of piperidine rings is 1. The summed E-state index contributed by atoms with van der Waals surface area (Å²) >= 11 is 3.47. The van der Waals surface area contributed by atoms with Crippen LogP contribution < -0.4 is 4.74 Å². The molecule has 0 spiro atoms. The fourth-order valence-corrected chi connectivity index (χ4v) is 5.46. The van der Waals surface area contributed by atoms with E-state index in [9.17, 15) is 15.0 Å².